The molecule has 0 bridgehead atoms. The van der Waals surface area contributed by atoms with Crippen molar-refractivity contribution in [2.24, 2.45) is 0 Å². The van der Waals surface area contributed by atoms with E-state index < -0.39 is 0 Å². The maximum Gasteiger partial charge on any atom is 0.168 e. The van der Waals surface area contributed by atoms with E-state index in [0.717, 1.165) is 18.5 Å². The fourth-order valence-electron chi connectivity index (χ4n) is 2.02. The van der Waals surface area contributed by atoms with Crippen LogP contribution in [0.2, 0.25) is 0 Å². The van der Waals surface area contributed by atoms with Crippen LogP contribution in [-0.2, 0) is 6.54 Å². The lowest BCUT2D eigenvalue weighted by Gasteiger charge is -2.07. The van der Waals surface area contributed by atoms with Gasteiger partial charge in [0, 0.05) is 6.54 Å². The number of hydrogen-bond acceptors (Lipinski definition) is 4. The van der Waals surface area contributed by atoms with E-state index in [0.29, 0.717) is 23.7 Å². The Morgan fingerprint density at radius 2 is 2.15 bits per heavy atom. The molecule has 0 atom stereocenters. The summed E-state index contributed by atoms with van der Waals surface area (Å²) in [6, 6.07) is 10.2. The molecular weight excluding hydrogens is 250 g/mol. The number of aromatic nitrogens is 2. The Morgan fingerprint density at radius 3 is 2.80 bits per heavy atom. The SMILES string of the molecule is CCCNc1nn(Cc2ccccc2C)c(N)c1C#N. The summed E-state index contributed by atoms with van der Waals surface area (Å²) < 4.78 is 1.68. The monoisotopic (exact) mass is 269 g/mol. The number of anilines is 2. The van der Waals surface area contributed by atoms with Gasteiger partial charge in [-0.05, 0) is 24.5 Å². The van der Waals surface area contributed by atoms with Crippen molar-refractivity contribution in [1.29, 1.82) is 5.26 Å². The normalized spacial score (nSPS) is 10.2. The van der Waals surface area contributed by atoms with Gasteiger partial charge >= 0.3 is 0 Å². The third-order valence-corrected chi connectivity index (χ3v) is 3.23. The zero-order chi connectivity index (χ0) is 14.5. The van der Waals surface area contributed by atoms with Crippen LogP contribution < -0.4 is 11.1 Å². The molecule has 0 saturated carbocycles. The van der Waals surface area contributed by atoms with E-state index >= 15 is 0 Å². The van der Waals surface area contributed by atoms with Crippen molar-refractivity contribution in [2.75, 3.05) is 17.6 Å². The average molecular weight is 269 g/mol. The fraction of sp³-hybridized carbons (Fsp3) is 0.333. The van der Waals surface area contributed by atoms with Gasteiger partial charge in [0.2, 0.25) is 0 Å². The second kappa shape index (κ2) is 6.11. The number of nitrogens with two attached hydrogens (primary N) is 1. The summed E-state index contributed by atoms with van der Waals surface area (Å²) in [6.07, 6.45) is 0.968. The van der Waals surface area contributed by atoms with Crippen molar-refractivity contribution in [3.8, 4) is 6.07 Å². The minimum absolute atomic E-state index is 0.411. The summed E-state index contributed by atoms with van der Waals surface area (Å²) in [6.45, 7) is 5.46. The van der Waals surface area contributed by atoms with Crippen LogP contribution >= 0.6 is 0 Å². The molecule has 0 saturated heterocycles. The Labute approximate surface area is 119 Å². The predicted octanol–water partition coefficient (Wildman–Crippen LogP) is 2.52. The molecule has 1 aromatic carbocycles. The van der Waals surface area contributed by atoms with Crippen molar-refractivity contribution < 1.29 is 0 Å². The summed E-state index contributed by atoms with van der Waals surface area (Å²) in [5.74, 6) is 0.981. The molecule has 3 N–H and O–H groups in total. The number of nitriles is 1. The maximum atomic E-state index is 9.21. The third-order valence-electron chi connectivity index (χ3n) is 3.23. The Morgan fingerprint density at radius 1 is 1.40 bits per heavy atom. The molecule has 0 unspecified atom stereocenters. The van der Waals surface area contributed by atoms with Crippen LogP contribution in [0.1, 0.15) is 30.0 Å². The minimum atomic E-state index is 0.411. The highest BCUT2D eigenvalue weighted by Crippen LogP contribution is 2.22. The smallest absolute Gasteiger partial charge is 0.168 e. The van der Waals surface area contributed by atoms with Crippen LogP contribution in [0, 0.1) is 18.3 Å². The molecular formula is C15H19N5. The molecule has 0 spiro atoms. The molecule has 0 aliphatic rings. The minimum Gasteiger partial charge on any atom is -0.383 e. The van der Waals surface area contributed by atoms with Crippen LogP contribution in [0.5, 0.6) is 0 Å². The van der Waals surface area contributed by atoms with Crippen LogP contribution in [0.4, 0.5) is 11.6 Å². The van der Waals surface area contributed by atoms with Gasteiger partial charge in [-0.2, -0.15) is 10.4 Å². The molecule has 5 heteroatoms. The van der Waals surface area contributed by atoms with Crippen molar-refractivity contribution in [2.45, 2.75) is 26.8 Å². The molecule has 1 heterocycles. The number of nitrogens with zero attached hydrogens (tertiary/aromatic N) is 3. The van der Waals surface area contributed by atoms with Gasteiger partial charge in [0.05, 0.1) is 6.54 Å². The predicted molar refractivity (Wildman–Crippen MR) is 80.4 cm³/mol. The lowest BCUT2D eigenvalue weighted by Crippen LogP contribution is -2.07. The Hall–Kier alpha value is -2.48. The quantitative estimate of drug-likeness (QED) is 0.874. The average Bonchev–Trinajstić information content (AvgIpc) is 2.75. The summed E-state index contributed by atoms with van der Waals surface area (Å²) in [5, 5.41) is 16.8. The molecule has 0 fully saturated rings. The first-order valence-corrected chi connectivity index (χ1v) is 6.72. The van der Waals surface area contributed by atoms with Gasteiger partial charge in [-0.15, -0.1) is 0 Å². The van der Waals surface area contributed by atoms with Gasteiger partial charge in [0.15, 0.2) is 5.82 Å². The first kappa shape index (κ1) is 13.9. The van der Waals surface area contributed by atoms with E-state index in [1.165, 1.54) is 5.56 Å². The first-order valence-electron chi connectivity index (χ1n) is 6.72. The Bertz CT molecular complexity index is 636. The van der Waals surface area contributed by atoms with Crippen molar-refractivity contribution in [3.63, 3.8) is 0 Å². The van der Waals surface area contributed by atoms with Gasteiger partial charge < -0.3 is 11.1 Å². The van der Waals surface area contributed by atoms with Crippen molar-refractivity contribution in [3.05, 3.63) is 41.0 Å². The molecule has 0 amide bonds. The molecule has 0 aliphatic heterocycles. The Balaban J connectivity index is 2.31. The van der Waals surface area contributed by atoms with Crippen molar-refractivity contribution in [1.82, 2.24) is 9.78 Å². The third kappa shape index (κ3) is 2.75. The zero-order valence-electron chi connectivity index (χ0n) is 11.8. The van der Waals surface area contributed by atoms with Crippen LogP contribution in [-0.4, -0.2) is 16.3 Å². The number of hydrogen-bond donors (Lipinski definition) is 2. The molecule has 5 nitrogen and oxygen atoms in total. The second-order valence-electron chi connectivity index (χ2n) is 4.73. The highest BCUT2D eigenvalue weighted by molar-refractivity contribution is 5.63. The van der Waals surface area contributed by atoms with E-state index in [-0.39, 0.29) is 0 Å². The summed E-state index contributed by atoms with van der Waals surface area (Å²) in [7, 11) is 0. The topological polar surface area (TPSA) is 79.7 Å². The van der Waals surface area contributed by atoms with Crippen molar-refractivity contribution >= 4 is 11.6 Å². The van der Waals surface area contributed by atoms with E-state index in [2.05, 4.69) is 36.4 Å². The van der Waals surface area contributed by atoms with E-state index in [9.17, 15) is 5.26 Å². The number of aryl methyl sites for hydroxylation is 1. The molecule has 104 valence electrons. The second-order valence-corrected chi connectivity index (χ2v) is 4.73. The molecule has 0 aliphatic carbocycles. The van der Waals surface area contributed by atoms with Gasteiger partial charge in [0.1, 0.15) is 17.5 Å². The van der Waals surface area contributed by atoms with E-state index in [1.807, 2.05) is 18.2 Å². The number of rotatable bonds is 5. The fourth-order valence-corrected chi connectivity index (χ4v) is 2.02. The lowest BCUT2D eigenvalue weighted by atomic mass is 10.1. The standard InChI is InChI=1S/C15H19N5/c1-3-8-18-15-13(9-16)14(17)20(19-15)10-12-7-5-4-6-11(12)2/h4-7H,3,8,10,17H2,1-2H3,(H,18,19). The van der Waals surface area contributed by atoms with E-state index in [4.69, 9.17) is 5.73 Å². The highest BCUT2D eigenvalue weighted by atomic mass is 15.3. The Kier molecular flexibility index (Phi) is 4.26. The van der Waals surface area contributed by atoms with Crippen LogP contribution in [0.15, 0.2) is 24.3 Å². The lowest BCUT2D eigenvalue weighted by molar-refractivity contribution is 0.695. The molecule has 1 aromatic heterocycles. The largest absolute Gasteiger partial charge is 0.383 e. The summed E-state index contributed by atoms with van der Waals surface area (Å²) in [5.41, 5.74) is 8.78. The van der Waals surface area contributed by atoms with E-state index in [1.54, 1.807) is 4.68 Å². The molecule has 2 rings (SSSR count). The number of nitrogens with one attached hydrogen (secondary N) is 1. The summed E-state index contributed by atoms with van der Waals surface area (Å²) in [4.78, 5) is 0. The molecule has 0 radical (unpaired) electrons. The number of benzene rings is 1. The molecule has 20 heavy (non-hydrogen) atoms. The van der Waals surface area contributed by atoms with Gasteiger partial charge in [-0.1, -0.05) is 31.2 Å². The van der Waals surface area contributed by atoms with Gasteiger partial charge in [-0.25, -0.2) is 4.68 Å². The van der Waals surface area contributed by atoms with Gasteiger partial charge in [-0.3, -0.25) is 0 Å². The number of nitrogen functional groups attached to an aromatic ring is 1. The highest BCUT2D eigenvalue weighted by Gasteiger charge is 2.15. The van der Waals surface area contributed by atoms with Crippen LogP contribution in [0.25, 0.3) is 0 Å². The molecule has 2 aromatic rings. The summed E-state index contributed by atoms with van der Waals surface area (Å²) >= 11 is 0. The first-order chi connectivity index (χ1) is 9.67. The zero-order valence-corrected chi connectivity index (χ0v) is 11.8. The maximum absolute atomic E-state index is 9.21. The van der Waals surface area contributed by atoms with Gasteiger partial charge in [0.25, 0.3) is 0 Å². The van der Waals surface area contributed by atoms with Crippen LogP contribution in [0.3, 0.4) is 0 Å².